The molecule has 0 aliphatic carbocycles. The normalized spacial score (nSPS) is 11.1. The predicted molar refractivity (Wildman–Crippen MR) is 84.2 cm³/mol. The largest absolute Gasteiger partial charge is 0.399 e. The minimum Gasteiger partial charge on any atom is -0.399 e. The second-order valence-electron chi connectivity index (χ2n) is 5.08. The molecule has 1 aromatic heterocycles. The van der Waals surface area contributed by atoms with Crippen LogP contribution in [0.3, 0.4) is 0 Å². The maximum Gasteiger partial charge on any atom is 0.151 e. The van der Waals surface area contributed by atoms with E-state index >= 15 is 0 Å². The van der Waals surface area contributed by atoms with Crippen molar-refractivity contribution >= 4 is 22.4 Å². The van der Waals surface area contributed by atoms with Gasteiger partial charge in [-0.2, -0.15) is 0 Å². The molecule has 0 unspecified atom stereocenters. The summed E-state index contributed by atoms with van der Waals surface area (Å²) in [6, 6.07) is 10.3. The van der Waals surface area contributed by atoms with E-state index < -0.39 is 0 Å². The molecule has 4 N–H and O–H groups in total. The predicted octanol–water partition coefficient (Wildman–Crippen LogP) is 3.42. The first-order chi connectivity index (χ1) is 10.1. The van der Waals surface area contributed by atoms with Crippen molar-refractivity contribution in [3.63, 3.8) is 0 Å². The van der Waals surface area contributed by atoms with Crippen LogP contribution < -0.4 is 11.5 Å². The van der Waals surface area contributed by atoms with Crippen LogP contribution in [0, 0.1) is 5.82 Å². The van der Waals surface area contributed by atoms with Crippen LogP contribution in [-0.2, 0) is 6.54 Å². The number of nitrogens with two attached hydrogens (primary N) is 2. The summed E-state index contributed by atoms with van der Waals surface area (Å²) in [4.78, 5) is 4.46. The number of benzene rings is 2. The number of aryl methyl sites for hydroxylation is 1. The van der Waals surface area contributed by atoms with E-state index in [1.165, 1.54) is 6.07 Å². The van der Waals surface area contributed by atoms with E-state index in [-0.39, 0.29) is 5.82 Å². The summed E-state index contributed by atoms with van der Waals surface area (Å²) in [6.45, 7) is 2.83. The summed E-state index contributed by atoms with van der Waals surface area (Å²) in [5.41, 5.74) is 14.8. The maximum absolute atomic E-state index is 14.0. The van der Waals surface area contributed by atoms with Crippen LogP contribution >= 0.6 is 0 Å². The van der Waals surface area contributed by atoms with Crippen molar-refractivity contribution in [2.75, 3.05) is 11.5 Å². The Balaban J connectivity index is 2.30. The van der Waals surface area contributed by atoms with Gasteiger partial charge in [0.1, 0.15) is 11.3 Å². The van der Waals surface area contributed by atoms with Crippen LogP contribution in [-0.4, -0.2) is 9.55 Å². The van der Waals surface area contributed by atoms with Gasteiger partial charge in [-0.3, -0.25) is 0 Å². The van der Waals surface area contributed by atoms with Crippen molar-refractivity contribution in [2.45, 2.75) is 19.9 Å². The lowest BCUT2D eigenvalue weighted by atomic mass is 10.1. The highest BCUT2D eigenvalue weighted by atomic mass is 19.1. The van der Waals surface area contributed by atoms with E-state index in [0.717, 1.165) is 24.0 Å². The molecule has 0 aliphatic heterocycles. The number of aromatic nitrogens is 2. The molecule has 0 bridgehead atoms. The topological polar surface area (TPSA) is 69.9 Å². The van der Waals surface area contributed by atoms with E-state index in [0.29, 0.717) is 22.7 Å². The number of halogens is 1. The molecule has 5 heteroatoms. The Morgan fingerprint density at radius 2 is 1.86 bits per heavy atom. The van der Waals surface area contributed by atoms with Gasteiger partial charge in [-0.05, 0) is 36.8 Å². The second-order valence-corrected chi connectivity index (χ2v) is 5.08. The highest BCUT2D eigenvalue weighted by Gasteiger charge is 2.15. The molecule has 0 radical (unpaired) electrons. The molecule has 2 aromatic carbocycles. The number of nitrogens with zero attached hydrogens (tertiary/aromatic N) is 2. The van der Waals surface area contributed by atoms with Crippen molar-refractivity contribution in [2.24, 2.45) is 0 Å². The molecule has 0 aliphatic rings. The fraction of sp³-hybridized carbons (Fsp3) is 0.188. The molecule has 3 rings (SSSR count). The molecule has 0 fully saturated rings. The van der Waals surface area contributed by atoms with Crippen LogP contribution in [0.15, 0.2) is 36.4 Å². The summed E-state index contributed by atoms with van der Waals surface area (Å²) in [7, 11) is 0. The molecule has 3 aromatic rings. The molecule has 0 spiro atoms. The second kappa shape index (κ2) is 5.09. The van der Waals surface area contributed by atoms with E-state index in [4.69, 9.17) is 11.5 Å². The Kier molecular flexibility index (Phi) is 3.25. The number of rotatable bonds is 3. The Morgan fingerprint density at radius 3 is 2.52 bits per heavy atom. The Bertz CT molecular complexity index is 787. The van der Waals surface area contributed by atoms with Crippen molar-refractivity contribution in [3.05, 3.63) is 42.2 Å². The smallest absolute Gasteiger partial charge is 0.151 e. The monoisotopic (exact) mass is 284 g/mol. The van der Waals surface area contributed by atoms with Crippen molar-refractivity contribution in [1.82, 2.24) is 9.55 Å². The zero-order chi connectivity index (χ0) is 15.0. The number of fused-ring (bicyclic) bond motifs is 1. The first kappa shape index (κ1) is 13.4. The molecule has 0 atom stereocenters. The summed E-state index contributed by atoms with van der Waals surface area (Å²) >= 11 is 0. The fourth-order valence-corrected chi connectivity index (χ4v) is 2.59. The summed E-state index contributed by atoms with van der Waals surface area (Å²) in [5, 5.41) is 0. The van der Waals surface area contributed by atoms with Crippen LogP contribution in [0.1, 0.15) is 13.3 Å². The zero-order valence-electron chi connectivity index (χ0n) is 11.8. The van der Waals surface area contributed by atoms with Crippen LogP contribution in [0.25, 0.3) is 22.4 Å². The van der Waals surface area contributed by atoms with Crippen molar-refractivity contribution in [1.29, 1.82) is 0 Å². The number of para-hydroxylation sites is 1. The average Bonchev–Trinajstić information content (AvgIpc) is 2.79. The Hall–Kier alpha value is -2.56. The summed E-state index contributed by atoms with van der Waals surface area (Å²) < 4.78 is 16.0. The summed E-state index contributed by atoms with van der Waals surface area (Å²) in [6.07, 6.45) is 0.923. The van der Waals surface area contributed by atoms with Gasteiger partial charge in [0.15, 0.2) is 5.82 Å². The van der Waals surface area contributed by atoms with Gasteiger partial charge in [-0.15, -0.1) is 0 Å². The molecule has 1 heterocycles. The standard InChI is InChI=1S/C16H17FN4/c1-2-6-21-14-5-3-4-13(17)15(14)20-16(21)10-7-11(18)9-12(19)8-10/h3-5,7-9H,2,6,18-19H2,1H3. The molecular formula is C16H17FN4. The van der Waals surface area contributed by atoms with Crippen molar-refractivity contribution < 1.29 is 4.39 Å². The van der Waals surface area contributed by atoms with E-state index in [2.05, 4.69) is 11.9 Å². The molecule has 0 saturated carbocycles. The third-order valence-electron chi connectivity index (χ3n) is 3.41. The number of hydrogen-bond acceptors (Lipinski definition) is 3. The summed E-state index contributed by atoms with van der Waals surface area (Å²) in [5.74, 6) is 0.372. The van der Waals surface area contributed by atoms with Gasteiger partial charge in [-0.25, -0.2) is 9.37 Å². The van der Waals surface area contributed by atoms with Gasteiger partial charge in [0.25, 0.3) is 0 Å². The van der Waals surface area contributed by atoms with Gasteiger partial charge < -0.3 is 16.0 Å². The number of anilines is 2. The third-order valence-corrected chi connectivity index (χ3v) is 3.41. The first-order valence-corrected chi connectivity index (χ1v) is 6.91. The number of imidazole rings is 1. The van der Waals surface area contributed by atoms with Gasteiger partial charge in [0, 0.05) is 23.5 Å². The van der Waals surface area contributed by atoms with Crippen LogP contribution in [0.4, 0.5) is 15.8 Å². The first-order valence-electron chi connectivity index (χ1n) is 6.91. The minimum atomic E-state index is -0.319. The van der Waals surface area contributed by atoms with Gasteiger partial charge in [-0.1, -0.05) is 13.0 Å². The van der Waals surface area contributed by atoms with E-state index in [9.17, 15) is 4.39 Å². The highest BCUT2D eigenvalue weighted by molar-refractivity contribution is 5.82. The van der Waals surface area contributed by atoms with Crippen molar-refractivity contribution in [3.8, 4) is 11.4 Å². The van der Waals surface area contributed by atoms with E-state index in [1.54, 1.807) is 12.1 Å². The Labute approximate surface area is 122 Å². The molecule has 0 amide bonds. The third kappa shape index (κ3) is 2.31. The zero-order valence-corrected chi connectivity index (χ0v) is 11.8. The highest BCUT2D eigenvalue weighted by Crippen LogP contribution is 2.29. The van der Waals surface area contributed by atoms with E-state index in [1.807, 2.05) is 22.8 Å². The maximum atomic E-state index is 14.0. The lowest BCUT2D eigenvalue weighted by molar-refractivity contribution is 0.637. The molecule has 4 nitrogen and oxygen atoms in total. The molecular weight excluding hydrogens is 267 g/mol. The Morgan fingerprint density at radius 1 is 1.14 bits per heavy atom. The van der Waals surface area contributed by atoms with Gasteiger partial charge >= 0.3 is 0 Å². The molecule has 0 saturated heterocycles. The lowest BCUT2D eigenvalue weighted by Gasteiger charge is -2.09. The quantitative estimate of drug-likeness (QED) is 0.724. The number of hydrogen-bond donors (Lipinski definition) is 2. The molecule has 21 heavy (non-hydrogen) atoms. The number of nitrogen functional groups attached to an aromatic ring is 2. The fourth-order valence-electron chi connectivity index (χ4n) is 2.59. The average molecular weight is 284 g/mol. The van der Waals surface area contributed by atoms with Gasteiger partial charge in [0.2, 0.25) is 0 Å². The van der Waals surface area contributed by atoms with Gasteiger partial charge in [0.05, 0.1) is 5.52 Å². The molecule has 108 valence electrons. The van der Waals surface area contributed by atoms with Crippen LogP contribution in [0.5, 0.6) is 0 Å². The van der Waals surface area contributed by atoms with Crippen LogP contribution in [0.2, 0.25) is 0 Å². The SMILES string of the molecule is CCCn1c(-c2cc(N)cc(N)c2)nc2c(F)cccc21. The lowest BCUT2D eigenvalue weighted by Crippen LogP contribution is -2.01. The minimum absolute atomic E-state index is 0.319.